The van der Waals surface area contributed by atoms with Crippen molar-refractivity contribution in [2.45, 2.75) is 52.3 Å². The van der Waals surface area contributed by atoms with Crippen molar-refractivity contribution in [1.29, 1.82) is 0 Å². The lowest BCUT2D eigenvalue weighted by atomic mass is 10.1. The fourth-order valence-corrected chi connectivity index (χ4v) is 1.80. The highest BCUT2D eigenvalue weighted by atomic mass is 16.6. The third-order valence-corrected chi connectivity index (χ3v) is 2.67. The van der Waals surface area contributed by atoms with Gasteiger partial charge in [-0.25, -0.2) is 9.59 Å². The van der Waals surface area contributed by atoms with E-state index < -0.39 is 23.7 Å². The predicted octanol–water partition coefficient (Wildman–Crippen LogP) is 2.03. The molecule has 1 aromatic rings. The number of nitrogens with one attached hydrogen (secondary N) is 1. The Hall–Kier alpha value is -1.98. The third-order valence-electron chi connectivity index (χ3n) is 2.67. The maximum Gasteiger partial charge on any atom is 0.408 e. The van der Waals surface area contributed by atoms with E-state index in [0.29, 0.717) is 0 Å². The Balaban J connectivity index is 2.71. The molecule has 0 fully saturated rings. The molecule has 0 saturated heterocycles. The van der Waals surface area contributed by atoms with Crippen LogP contribution in [-0.4, -0.2) is 33.4 Å². The second kappa shape index (κ2) is 6.45. The van der Waals surface area contributed by atoms with Gasteiger partial charge in [0, 0.05) is 24.9 Å². The zero-order valence-corrected chi connectivity index (χ0v) is 12.3. The van der Waals surface area contributed by atoms with Crippen LogP contribution in [-0.2, 0) is 22.5 Å². The molecule has 6 nitrogen and oxygen atoms in total. The van der Waals surface area contributed by atoms with E-state index in [4.69, 9.17) is 4.74 Å². The van der Waals surface area contributed by atoms with Crippen molar-refractivity contribution in [3.05, 3.63) is 24.0 Å². The summed E-state index contributed by atoms with van der Waals surface area (Å²) in [6, 6.07) is 2.69. The van der Waals surface area contributed by atoms with Gasteiger partial charge in [-0.1, -0.05) is 0 Å². The molecular weight excluding hydrogens is 260 g/mol. The first-order valence-electron chi connectivity index (χ1n) is 6.59. The standard InChI is InChI=1S/C14H22N2O4/c1-5-16-8-6-7-10(16)9-11(12(17)18)15-13(19)20-14(2,3)4/h6-8,11H,5,9H2,1-4H3,(H,15,19)(H,17,18). The summed E-state index contributed by atoms with van der Waals surface area (Å²) in [5.74, 6) is -1.08. The molecule has 0 bridgehead atoms. The molecule has 1 atom stereocenters. The summed E-state index contributed by atoms with van der Waals surface area (Å²) in [6.07, 6.45) is 1.37. The largest absolute Gasteiger partial charge is 0.480 e. The molecule has 1 heterocycles. The number of aromatic nitrogens is 1. The predicted molar refractivity (Wildman–Crippen MR) is 74.6 cm³/mol. The molecule has 0 aliphatic carbocycles. The lowest BCUT2D eigenvalue weighted by molar-refractivity contribution is -0.139. The van der Waals surface area contributed by atoms with Crippen molar-refractivity contribution in [2.75, 3.05) is 0 Å². The number of hydrogen-bond donors (Lipinski definition) is 2. The number of carboxylic acid groups (broad SMARTS) is 1. The molecule has 2 N–H and O–H groups in total. The molecule has 0 radical (unpaired) electrons. The molecule has 0 saturated carbocycles. The van der Waals surface area contributed by atoms with Gasteiger partial charge in [-0.2, -0.15) is 0 Å². The van der Waals surface area contributed by atoms with Gasteiger partial charge in [0.05, 0.1) is 0 Å². The molecule has 1 rings (SSSR count). The minimum atomic E-state index is -1.08. The molecule has 0 aromatic carbocycles. The molecule has 1 aromatic heterocycles. The molecule has 20 heavy (non-hydrogen) atoms. The Labute approximate surface area is 118 Å². The number of aryl methyl sites for hydroxylation is 1. The van der Waals surface area contributed by atoms with Crippen LogP contribution in [0.5, 0.6) is 0 Å². The second-order valence-corrected chi connectivity index (χ2v) is 5.53. The number of nitrogens with zero attached hydrogens (tertiary/aromatic N) is 1. The van der Waals surface area contributed by atoms with Crippen molar-refractivity contribution in [2.24, 2.45) is 0 Å². The van der Waals surface area contributed by atoms with Crippen molar-refractivity contribution in [3.63, 3.8) is 0 Å². The van der Waals surface area contributed by atoms with Gasteiger partial charge in [-0.3, -0.25) is 0 Å². The van der Waals surface area contributed by atoms with E-state index in [0.717, 1.165) is 12.2 Å². The summed E-state index contributed by atoms with van der Waals surface area (Å²) in [6.45, 7) is 7.90. The summed E-state index contributed by atoms with van der Waals surface area (Å²) in [5.41, 5.74) is 0.201. The Morgan fingerprint density at radius 2 is 2.10 bits per heavy atom. The van der Waals surface area contributed by atoms with E-state index in [2.05, 4.69) is 5.32 Å². The molecule has 1 unspecified atom stereocenters. The maximum atomic E-state index is 11.7. The van der Waals surface area contributed by atoms with Gasteiger partial charge in [-0.05, 0) is 39.8 Å². The van der Waals surface area contributed by atoms with Crippen LogP contribution in [0.1, 0.15) is 33.4 Å². The van der Waals surface area contributed by atoms with E-state index in [1.165, 1.54) is 0 Å². The van der Waals surface area contributed by atoms with Crippen molar-refractivity contribution < 1.29 is 19.4 Å². The quantitative estimate of drug-likeness (QED) is 0.866. The summed E-state index contributed by atoms with van der Waals surface area (Å²) < 4.78 is 7.01. The summed E-state index contributed by atoms with van der Waals surface area (Å²) in [5, 5.41) is 11.6. The van der Waals surface area contributed by atoms with Crippen LogP contribution in [0.15, 0.2) is 18.3 Å². The zero-order chi connectivity index (χ0) is 15.3. The second-order valence-electron chi connectivity index (χ2n) is 5.53. The Kier molecular flexibility index (Phi) is 5.19. The zero-order valence-electron chi connectivity index (χ0n) is 12.3. The van der Waals surface area contributed by atoms with Gasteiger partial charge in [0.25, 0.3) is 0 Å². The third kappa shape index (κ3) is 4.95. The Morgan fingerprint density at radius 1 is 1.45 bits per heavy atom. The minimum Gasteiger partial charge on any atom is -0.480 e. The fourth-order valence-electron chi connectivity index (χ4n) is 1.80. The smallest absolute Gasteiger partial charge is 0.408 e. The monoisotopic (exact) mass is 282 g/mol. The van der Waals surface area contributed by atoms with E-state index in [1.54, 1.807) is 20.8 Å². The molecule has 6 heteroatoms. The summed E-state index contributed by atoms with van der Waals surface area (Å²) in [4.78, 5) is 22.9. The van der Waals surface area contributed by atoms with Gasteiger partial charge < -0.3 is 19.7 Å². The van der Waals surface area contributed by atoms with E-state index in [1.807, 2.05) is 29.8 Å². The molecule has 1 amide bonds. The van der Waals surface area contributed by atoms with E-state index >= 15 is 0 Å². The van der Waals surface area contributed by atoms with E-state index in [9.17, 15) is 14.7 Å². The molecule has 0 aliphatic heterocycles. The Bertz CT molecular complexity index is 474. The number of aliphatic carboxylic acids is 1. The van der Waals surface area contributed by atoms with Gasteiger partial charge in [-0.15, -0.1) is 0 Å². The molecular formula is C14H22N2O4. The molecule has 0 aliphatic rings. The van der Waals surface area contributed by atoms with Crippen LogP contribution in [0, 0.1) is 0 Å². The molecule has 112 valence electrons. The van der Waals surface area contributed by atoms with Crippen LogP contribution in [0.4, 0.5) is 4.79 Å². The highest BCUT2D eigenvalue weighted by Gasteiger charge is 2.24. The van der Waals surface area contributed by atoms with Crippen LogP contribution >= 0.6 is 0 Å². The average molecular weight is 282 g/mol. The number of ether oxygens (including phenoxy) is 1. The maximum absolute atomic E-state index is 11.7. The first kappa shape index (κ1) is 16.1. The first-order chi connectivity index (χ1) is 9.23. The lowest BCUT2D eigenvalue weighted by Crippen LogP contribution is -2.44. The topological polar surface area (TPSA) is 80.6 Å². The van der Waals surface area contributed by atoms with Crippen molar-refractivity contribution in [1.82, 2.24) is 9.88 Å². The number of alkyl carbamates (subject to hydrolysis) is 1. The van der Waals surface area contributed by atoms with Crippen LogP contribution in [0.3, 0.4) is 0 Å². The summed E-state index contributed by atoms with van der Waals surface area (Å²) in [7, 11) is 0. The van der Waals surface area contributed by atoms with Gasteiger partial charge >= 0.3 is 12.1 Å². The fraction of sp³-hybridized carbons (Fsp3) is 0.571. The van der Waals surface area contributed by atoms with Gasteiger partial charge in [0.1, 0.15) is 11.6 Å². The van der Waals surface area contributed by atoms with Crippen LogP contribution < -0.4 is 5.32 Å². The number of amides is 1. The number of carboxylic acids is 1. The average Bonchev–Trinajstić information content (AvgIpc) is 2.72. The van der Waals surface area contributed by atoms with E-state index in [-0.39, 0.29) is 6.42 Å². The molecule has 0 spiro atoms. The highest BCUT2D eigenvalue weighted by Crippen LogP contribution is 2.09. The number of carbonyl (C=O) groups is 2. The first-order valence-corrected chi connectivity index (χ1v) is 6.59. The number of hydrogen-bond acceptors (Lipinski definition) is 3. The number of carbonyl (C=O) groups excluding carboxylic acids is 1. The highest BCUT2D eigenvalue weighted by molar-refractivity contribution is 5.80. The normalized spacial score (nSPS) is 12.8. The van der Waals surface area contributed by atoms with Crippen LogP contribution in [0.25, 0.3) is 0 Å². The Morgan fingerprint density at radius 3 is 2.60 bits per heavy atom. The number of rotatable bonds is 5. The van der Waals surface area contributed by atoms with Gasteiger partial charge in [0.2, 0.25) is 0 Å². The minimum absolute atomic E-state index is 0.218. The van der Waals surface area contributed by atoms with Crippen molar-refractivity contribution in [3.8, 4) is 0 Å². The van der Waals surface area contributed by atoms with Gasteiger partial charge in [0.15, 0.2) is 0 Å². The van der Waals surface area contributed by atoms with Crippen LogP contribution in [0.2, 0.25) is 0 Å². The SMILES string of the molecule is CCn1cccc1CC(NC(=O)OC(C)(C)C)C(=O)O. The lowest BCUT2D eigenvalue weighted by Gasteiger charge is -2.22. The summed E-state index contributed by atoms with van der Waals surface area (Å²) >= 11 is 0. The van der Waals surface area contributed by atoms with Crippen molar-refractivity contribution >= 4 is 12.1 Å².